The minimum atomic E-state index is 0.0249. The zero-order valence-electron chi connectivity index (χ0n) is 21.3. The molecule has 0 N–H and O–H groups in total. The van der Waals surface area contributed by atoms with Gasteiger partial charge in [0.1, 0.15) is 0 Å². The summed E-state index contributed by atoms with van der Waals surface area (Å²) in [5.41, 5.74) is 4.17. The second kappa shape index (κ2) is 12.5. The van der Waals surface area contributed by atoms with Gasteiger partial charge in [-0.2, -0.15) is 5.26 Å². The van der Waals surface area contributed by atoms with Crippen LogP contribution in [0.3, 0.4) is 0 Å². The highest BCUT2D eigenvalue weighted by Gasteiger charge is 2.29. The summed E-state index contributed by atoms with van der Waals surface area (Å²) >= 11 is 12.5. The summed E-state index contributed by atoms with van der Waals surface area (Å²) in [6.45, 7) is 7.86. The van der Waals surface area contributed by atoms with Crippen LogP contribution in [-0.2, 0) is 6.54 Å². The molecule has 192 valence electrons. The molecule has 0 aliphatic carbocycles. The lowest BCUT2D eigenvalue weighted by Gasteiger charge is -2.41. The molecule has 7 heteroatoms. The first kappa shape index (κ1) is 27.0. The van der Waals surface area contributed by atoms with Crippen molar-refractivity contribution in [1.29, 1.82) is 5.26 Å². The van der Waals surface area contributed by atoms with E-state index in [2.05, 4.69) is 15.9 Å². The fourth-order valence-corrected chi connectivity index (χ4v) is 5.51. The second-order valence-electron chi connectivity index (χ2n) is 9.27. The van der Waals surface area contributed by atoms with Gasteiger partial charge >= 0.3 is 0 Å². The summed E-state index contributed by atoms with van der Waals surface area (Å²) in [4.78, 5) is 20.0. The molecule has 37 heavy (non-hydrogen) atoms. The summed E-state index contributed by atoms with van der Waals surface area (Å²) in [7, 11) is 0. The SMILES string of the molecule is CCN(CC)C(=O)c1ccccc1N(c1cccc(C#N)c1)C1CCN(Cc2ccc(Cl)cc2Cl)CC1. The summed E-state index contributed by atoms with van der Waals surface area (Å²) in [5.74, 6) is 0.0249. The van der Waals surface area contributed by atoms with Crippen LogP contribution in [0.5, 0.6) is 0 Å². The highest BCUT2D eigenvalue weighted by molar-refractivity contribution is 6.35. The Morgan fingerprint density at radius 2 is 1.73 bits per heavy atom. The molecule has 3 aromatic rings. The molecule has 1 heterocycles. The minimum absolute atomic E-state index is 0.0249. The van der Waals surface area contributed by atoms with Gasteiger partial charge in [0.25, 0.3) is 5.91 Å². The van der Waals surface area contributed by atoms with E-state index in [0.29, 0.717) is 34.3 Å². The van der Waals surface area contributed by atoms with E-state index in [9.17, 15) is 10.1 Å². The number of carbonyl (C=O) groups is 1. The van der Waals surface area contributed by atoms with Gasteiger partial charge in [0.2, 0.25) is 0 Å². The summed E-state index contributed by atoms with van der Waals surface area (Å²) < 4.78 is 0. The highest BCUT2D eigenvalue weighted by atomic mass is 35.5. The van der Waals surface area contributed by atoms with E-state index in [-0.39, 0.29) is 11.9 Å². The second-order valence-corrected chi connectivity index (χ2v) is 10.1. The van der Waals surface area contributed by atoms with E-state index in [0.717, 1.165) is 49.4 Å². The molecule has 0 spiro atoms. The first-order chi connectivity index (χ1) is 17.9. The maximum atomic E-state index is 13.5. The number of benzene rings is 3. The van der Waals surface area contributed by atoms with E-state index in [1.807, 2.05) is 79.4 Å². The van der Waals surface area contributed by atoms with Crippen molar-refractivity contribution in [1.82, 2.24) is 9.80 Å². The van der Waals surface area contributed by atoms with Crippen molar-refractivity contribution in [2.75, 3.05) is 31.1 Å². The third-order valence-electron chi connectivity index (χ3n) is 7.03. The van der Waals surface area contributed by atoms with Gasteiger partial charge in [-0.25, -0.2) is 0 Å². The number of nitriles is 1. The Labute approximate surface area is 229 Å². The van der Waals surface area contributed by atoms with Gasteiger partial charge < -0.3 is 9.80 Å². The number of likely N-dealkylation sites (tertiary alicyclic amines) is 1. The molecule has 0 aromatic heterocycles. The monoisotopic (exact) mass is 534 g/mol. The first-order valence-electron chi connectivity index (χ1n) is 12.8. The predicted molar refractivity (Wildman–Crippen MR) is 152 cm³/mol. The standard InChI is InChI=1S/C30H32Cl2N4O/c1-3-35(4-2)30(37)27-10-5-6-11-29(27)36(26-9-7-8-22(18-26)20-33)25-14-16-34(17-15-25)21-23-12-13-24(31)19-28(23)32/h5-13,18-19,25H,3-4,14-17,21H2,1-2H3. The van der Waals surface area contributed by atoms with Crippen molar-refractivity contribution in [2.24, 2.45) is 0 Å². The molecular weight excluding hydrogens is 503 g/mol. The van der Waals surface area contributed by atoms with Gasteiger partial charge in [0.15, 0.2) is 0 Å². The van der Waals surface area contributed by atoms with E-state index < -0.39 is 0 Å². The minimum Gasteiger partial charge on any atom is -0.339 e. The fraction of sp³-hybridized carbons (Fsp3) is 0.333. The number of nitrogens with zero attached hydrogens (tertiary/aromatic N) is 4. The molecule has 0 saturated carbocycles. The Hall–Kier alpha value is -3.04. The maximum absolute atomic E-state index is 13.5. The van der Waals surface area contributed by atoms with Crippen molar-refractivity contribution >= 4 is 40.5 Å². The van der Waals surface area contributed by atoms with Crippen LogP contribution in [0.25, 0.3) is 0 Å². The maximum Gasteiger partial charge on any atom is 0.255 e. The van der Waals surface area contributed by atoms with E-state index in [1.165, 1.54) is 0 Å². The van der Waals surface area contributed by atoms with Gasteiger partial charge in [0.05, 0.1) is 22.9 Å². The number of piperidine rings is 1. The number of para-hydroxylation sites is 1. The Balaban J connectivity index is 1.64. The van der Waals surface area contributed by atoms with Crippen molar-refractivity contribution in [3.8, 4) is 6.07 Å². The van der Waals surface area contributed by atoms with Crippen molar-refractivity contribution in [3.05, 3.63) is 93.5 Å². The third-order valence-corrected chi connectivity index (χ3v) is 7.62. The number of anilines is 2. The van der Waals surface area contributed by atoms with Gasteiger partial charge in [-0.1, -0.05) is 47.5 Å². The average Bonchev–Trinajstić information content (AvgIpc) is 2.92. The lowest BCUT2D eigenvalue weighted by Crippen LogP contribution is -2.43. The first-order valence-corrected chi connectivity index (χ1v) is 13.5. The molecule has 0 unspecified atom stereocenters. The predicted octanol–water partition coefficient (Wildman–Crippen LogP) is 7.15. The molecule has 5 nitrogen and oxygen atoms in total. The van der Waals surface area contributed by atoms with E-state index in [4.69, 9.17) is 23.2 Å². The van der Waals surface area contributed by atoms with Crippen LogP contribution in [0.2, 0.25) is 10.0 Å². The molecule has 0 radical (unpaired) electrons. The fourth-order valence-electron chi connectivity index (χ4n) is 5.04. The van der Waals surface area contributed by atoms with Crippen LogP contribution in [0, 0.1) is 11.3 Å². The Morgan fingerprint density at radius 3 is 2.41 bits per heavy atom. The van der Waals surface area contributed by atoms with Gasteiger partial charge in [-0.15, -0.1) is 0 Å². The van der Waals surface area contributed by atoms with Crippen LogP contribution >= 0.6 is 23.2 Å². The van der Waals surface area contributed by atoms with Gasteiger partial charge in [-0.3, -0.25) is 9.69 Å². The Bertz CT molecular complexity index is 1280. The topological polar surface area (TPSA) is 50.6 Å². The molecule has 3 aromatic carbocycles. The number of hydrogen-bond acceptors (Lipinski definition) is 4. The molecule has 0 atom stereocenters. The quantitative estimate of drug-likeness (QED) is 0.307. The zero-order chi connectivity index (χ0) is 26.4. The highest BCUT2D eigenvalue weighted by Crippen LogP contribution is 2.36. The van der Waals surface area contributed by atoms with Crippen LogP contribution in [0.4, 0.5) is 11.4 Å². The van der Waals surface area contributed by atoms with E-state index >= 15 is 0 Å². The molecule has 1 fully saturated rings. The molecule has 1 amide bonds. The lowest BCUT2D eigenvalue weighted by atomic mass is 9.98. The van der Waals surface area contributed by atoms with Gasteiger partial charge in [0, 0.05) is 54.5 Å². The summed E-state index contributed by atoms with van der Waals surface area (Å²) in [6, 6.07) is 23.6. The van der Waals surface area contributed by atoms with Crippen LogP contribution in [0.1, 0.15) is 48.2 Å². The normalized spacial score (nSPS) is 14.2. The van der Waals surface area contributed by atoms with Crippen molar-refractivity contribution < 1.29 is 4.79 Å². The smallest absolute Gasteiger partial charge is 0.255 e. The molecular formula is C30H32Cl2N4O. The van der Waals surface area contributed by atoms with Crippen LogP contribution in [0.15, 0.2) is 66.7 Å². The molecule has 1 aliphatic rings. The Morgan fingerprint density at radius 1 is 1.00 bits per heavy atom. The molecule has 1 aliphatic heterocycles. The number of carbonyl (C=O) groups excluding carboxylic acids is 1. The van der Waals surface area contributed by atoms with Gasteiger partial charge in [-0.05, 0) is 74.7 Å². The summed E-state index contributed by atoms with van der Waals surface area (Å²) in [6.07, 6.45) is 1.82. The number of amides is 1. The third kappa shape index (κ3) is 6.27. The number of halogens is 2. The molecule has 4 rings (SSSR count). The summed E-state index contributed by atoms with van der Waals surface area (Å²) in [5, 5.41) is 10.9. The van der Waals surface area contributed by atoms with E-state index in [1.54, 1.807) is 6.07 Å². The number of rotatable bonds is 8. The molecule has 1 saturated heterocycles. The Kier molecular flexibility index (Phi) is 9.10. The average molecular weight is 536 g/mol. The number of hydrogen-bond donors (Lipinski definition) is 0. The lowest BCUT2D eigenvalue weighted by molar-refractivity contribution is 0.0773. The van der Waals surface area contributed by atoms with Crippen molar-refractivity contribution in [2.45, 2.75) is 39.3 Å². The molecule has 0 bridgehead atoms. The largest absolute Gasteiger partial charge is 0.339 e. The van der Waals surface area contributed by atoms with Crippen molar-refractivity contribution in [3.63, 3.8) is 0 Å². The zero-order valence-corrected chi connectivity index (χ0v) is 22.8. The van der Waals surface area contributed by atoms with Crippen LogP contribution < -0.4 is 4.90 Å². The van der Waals surface area contributed by atoms with Crippen LogP contribution in [-0.4, -0.2) is 47.9 Å².